The molecule has 8 nitrogen and oxygen atoms in total. The molecule has 0 spiro atoms. The van der Waals surface area contributed by atoms with Crippen LogP contribution in [0.5, 0.6) is 0 Å². The van der Waals surface area contributed by atoms with Crippen molar-refractivity contribution in [3.8, 4) is 0 Å². The zero-order valence-corrected chi connectivity index (χ0v) is 16.4. The Bertz CT molecular complexity index is 715. The normalized spacial score (nSPS) is 43.1. The molecular formula is C20H28O8. The van der Waals surface area contributed by atoms with Crippen molar-refractivity contribution in [2.45, 2.75) is 69.7 Å². The van der Waals surface area contributed by atoms with E-state index < -0.39 is 54.2 Å². The summed E-state index contributed by atoms with van der Waals surface area (Å²) in [4.78, 5) is 24.7. The molecule has 0 aliphatic carbocycles. The average molecular weight is 396 g/mol. The van der Waals surface area contributed by atoms with E-state index in [1.165, 1.54) is 6.08 Å². The number of fused-ring (bicyclic) bond motifs is 3. The van der Waals surface area contributed by atoms with Gasteiger partial charge in [0.05, 0.1) is 30.1 Å². The molecule has 0 aromatic carbocycles. The predicted octanol–water partition coefficient (Wildman–Crippen LogP) is 0.593. The molecular weight excluding hydrogens is 368 g/mol. The first-order chi connectivity index (χ1) is 13.0. The second-order valence-corrected chi connectivity index (χ2v) is 8.18. The highest BCUT2D eigenvalue weighted by atomic mass is 16.7. The van der Waals surface area contributed by atoms with Gasteiger partial charge in [0, 0.05) is 24.0 Å². The van der Waals surface area contributed by atoms with Crippen LogP contribution in [0.25, 0.3) is 0 Å². The van der Waals surface area contributed by atoms with Crippen LogP contribution >= 0.6 is 0 Å². The van der Waals surface area contributed by atoms with Crippen molar-refractivity contribution in [1.82, 2.24) is 0 Å². The lowest BCUT2D eigenvalue weighted by molar-refractivity contribution is -0.211. The van der Waals surface area contributed by atoms with Crippen LogP contribution in [0.4, 0.5) is 0 Å². The van der Waals surface area contributed by atoms with E-state index in [-0.39, 0.29) is 29.9 Å². The highest BCUT2D eigenvalue weighted by Crippen LogP contribution is 2.48. The van der Waals surface area contributed by atoms with Gasteiger partial charge >= 0.3 is 11.9 Å². The Hall–Kier alpha value is -1.74. The molecule has 28 heavy (non-hydrogen) atoms. The fourth-order valence-electron chi connectivity index (χ4n) is 4.11. The molecule has 2 bridgehead atoms. The lowest BCUT2D eigenvalue weighted by Gasteiger charge is -2.35. The van der Waals surface area contributed by atoms with Crippen LogP contribution in [0, 0.1) is 11.8 Å². The number of carbonyl (C=O) groups excluding carboxylic acids is 2. The maximum atomic E-state index is 12.5. The predicted molar refractivity (Wildman–Crippen MR) is 96.7 cm³/mol. The number of aliphatic hydroxyl groups excluding tert-OH is 2. The monoisotopic (exact) mass is 396 g/mol. The molecule has 2 fully saturated rings. The van der Waals surface area contributed by atoms with Gasteiger partial charge in [-0.05, 0) is 19.4 Å². The third-order valence-corrected chi connectivity index (χ3v) is 6.17. The molecule has 3 aliphatic rings. The number of esters is 2. The summed E-state index contributed by atoms with van der Waals surface area (Å²) in [5, 5.41) is 31.3. The highest BCUT2D eigenvalue weighted by Gasteiger charge is 2.58. The summed E-state index contributed by atoms with van der Waals surface area (Å²) < 4.78 is 16.9. The van der Waals surface area contributed by atoms with Gasteiger partial charge in [0.1, 0.15) is 12.2 Å². The van der Waals surface area contributed by atoms with Gasteiger partial charge in [-0.3, -0.25) is 4.79 Å². The van der Waals surface area contributed by atoms with Crippen molar-refractivity contribution in [3.05, 3.63) is 23.8 Å². The second kappa shape index (κ2) is 7.26. The Morgan fingerprint density at radius 3 is 2.75 bits per heavy atom. The van der Waals surface area contributed by atoms with Crippen LogP contribution in [0.1, 0.15) is 40.0 Å². The van der Waals surface area contributed by atoms with Gasteiger partial charge < -0.3 is 29.5 Å². The van der Waals surface area contributed by atoms with E-state index in [4.69, 9.17) is 14.2 Å². The van der Waals surface area contributed by atoms with Crippen LogP contribution in [-0.4, -0.2) is 63.6 Å². The fourth-order valence-corrected chi connectivity index (χ4v) is 4.11. The van der Waals surface area contributed by atoms with Crippen molar-refractivity contribution in [2.75, 3.05) is 6.61 Å². The molecule has 0 saturated carbocycles. The molecule has 3 heterocycles. The van der Waals surface area contributed by atoms with Gasteiger partial charge in [0.25, 0.3) is 0 Å². The van der Waals surface area contributed by atoms with Crippen molar-refractivity contribution >= 4 is 11.9 Å². The van der Waals surface area contributed by atoms with E-state index in [2.05, 4.69) is 6.58 Å². The van der Waals surface area contributed by atoms with Crippen molar-refractivity contribution < 1.29 is 39.1 Å². The summed E-state index contributed by atoms with van der Waals surface area (Å²) in [6.45, 7) is 8.45. The lowest BCUT2D eigenvalue weighted by atomic mass is 9.80. The second-order valence-electron chi connectivity index (χ2n) is 8.18. The van der Waals surface area contributed by atoms with Gasteiger partial charge in [-0.15, -0.1) is 0 Å². The summed E-state index contributed by atoms with van der Waals surface area (Å²) in [7, 11) is 0. The largest absolute Gasteiger partial charge is 0.461 e. The molecule has 0 aromatic rings. The standard InChI is InChI=1S/C20H28O8/c1-5-10(2)17(23)27-14-7-19(4)15(22)8-20(25,28-19)12(9-21)6-13-16(14)11(3)18(24)26-13/h6,10,13-16,21-22,25H,3,5,7-9H2,1-2,4H3/b12-6+/t10-,13-,14+,15-,16-,19+,20+/m0/s1. The first-order valence-electron chi connectivity index (χ1n) is 9.57. The molecule has 0 unspecified atom stereocenters. The maximum Gasteiger partial charge on any atom is 0.334 e. The minimum Gasteiger partial charge on any atom is -0.461 e. The van der Waals surface area contributed by atoms with E-state index in [0.29, 0.717) is 6.42 Å². The van der Waals surface area contributed by atoms with E-state index in [1.807, 2.05) is 6.92 Å². The summed E-state index contributed by atoms with van der Waals surface area (Å²) in [6.07, 6.45) is -0.933. The van der Waals surface area contributed by atoms with Crippen molar-refractivity contribution in [3.63, 3.8) is 0 Å². The number of hydrogen-bond donors (Lipinski definition) is 3. The minimum absolute atomic E-state index is 0.0298. The third-order valence-electron chi connectivity index (χ3n) is 6.17. The van der Waals surface area contributed by atoms with Crippen LogP contribution in [0.15, 0.2) is 23.8 Å². The molecule has 8 heteroatoms. The van der Waals surface area contributed by atoms with Gasteiger partial charge in [0.2, 0.25) is 0 Å². The van der Waals surface area contributed by atoms with Crippen LogP contribution < -0.4 is 0 Å². The first-order valence-corrected chi connectivity index (χ1v) is 9.57. The topological polar surface area (TPSA) is 123 Å². The van der Waals surface area contributed by atoms with Gasteiger partial charge in [-0.25, -0.2) is 4.79 Å². The van der Waals surface area contributed by atoms with E-state index >= 15 is 0 Å². The summed E-state index contributed by atoms with van der Waals surface area (Å²) in [5.41, 5.74) is -1.03. The molecule has 0 radical (unpaired) electrons. The zero-order chi connectivity index (χ0) is 20.9. The summed E-state index contributed by atoms with van der Waals surface area (Å²) >= 11 is 0. The number of hydrogen-bond acceptors (Lipinski definition) is 8. The lowest BCUT2D eigenvalue weighted by Crippen LogP contribution is -2.45. The Labute approximate surface area is 163 Å². The summed E-state index contributed by atoms with van der Waals surface area (Å²) in [5.74, 6) is -4.02. The Kier molecular flexibility index (Phi) is 5.44. The molecule has 0 amide bonds. The van der Waals surface area contributed by atoms with Crippen LogP contribution in [0.3, 0.4) is 0 Å². The fraction of sp³-hybridized carbons (Fsp3) is 0.700. The Morgan fingerprint density at radius 2 is 2.14 bits per heavy atom. The molecule has 3 N–H and O–H groups in total. The number of rotatable bonds is 4. The number of aliphatic hydroxyl groups is 3. The van der Waals surface area contributed by atoms with Gasteiger partial charge in [-0.1, -0.05) is 20.4 Å². The third kappa shape index (κ3) is 3.39. The molecule has 3 aliphatic heterocycles. The molecule has 156 valence electrons. The first kappa shape index (κ1) is 21.0. The molecule has 7 atom stereocenters. The molecule has 3 rings (SSSR count). The molecule has 2 saturated heterocycles. The minimum atomic E-state index is -1.90. The summed E-state index contributed by atoms with van der Waals surface area (Å²) in [6, 6.07) is 0. The zero-order valence-electron chi connectivity index (χ0n) is 16.4. The van der Waals surface area contributed by atoms with Crippen molar-refractivity contribution in [1.29, 1.82) is 0 Å². The average Bonchev–Trinajstić information content (AvgIpc) is 3.04. The van der Waals surface area contributed by atoms with Gasteiger partial charge in [-0.2, -0.15) is 0 Å². The Morgan fingerprint density at radius 1 is 1.46 bits per heavy atom. The quantitative estimate of drug-likeness (QED) is 0.359. The Balaban J connectivity index is 2.07. The maximum absolute atomic E-state index is 12.5. The molecule has 0 aromatic heterocycles. The van der Waals surface area contributed by atoms with E-state index in [0.717, 1.165) is 0 Å². The number of carbonyl (C=O) groups is 2. The SMILES string of the molecule is C=C1C(=O)O[C@H]2/C=C(\CO)[C@@]3(O)C[C@H](O)[C@@](C)(C[C@@H](OC(=O)[C@@H](C)CC)[C@@H]12)O3. The van der Waals surface area contributed by atoms with Crippen molar-refractivity contribution in [2.24, 2.45) is 11.8 Å². The number of ether oxygens (including phenoxy) is 3. The van der Waals surface area contributed by atoms with Gasteiger partial charge in [0.15, 0.2) is 5.79 Å². The van der Waals surface area contributed by atoms with E-state index in [1.54, 1.807) is 13.8 Å². The van der Waals surface area contributed by atoms with E-state index in [9.17, 15) is 24.9 Å². The van der Waals surface area contributed by atoms with Crippen LogP contribution in [0.2, 0.25) is 0 Å². The highest BCUT2D eigenvalue weighted by molar-refractivity contribution is 5.91. The smallest absolute Gasteiger partial charge is 0.334 e. The van der Waals surface area contributed by atoms with Crippen LogP contribution in [-0.2, 0) is 23.8 Å².